The third kappa shape index (κ3) is 4.05. The Balaban J connectivity index is 2.28. The Morgan fingerprint density at radius 2 is 1.75 bits per heavy atom. The van der Waals surface area contributed by atoms with Crippen molar-refractivity contribution in [3.05, 3.63) is 35.9 Å². The van der Waals surface area contributed by atoms with Gasteiger partial charge in [-0.25, -0.2) is 0 Å². The number of carbonyl (C=O) groups is 1. The lowest BCUT2D eigenvalue weighted by Gasteiger charge is -2.18. The zero-order valence-electron chi connectivity index (χ0n) is 10.3. The Morgan fingerprint density at radius 1 is 1.12 bits per heavy atom. The van der Waals surface area contributed by atoms with Gasteiger partial charge in [-0.15, -0.1) is 0 Å². The minimum Gasteiger partial charge on any atom is -0.343 e. The van der Waals surface area contributed by atoms with Crippen LogP contribution in [0.3, 0.4) is 0 Å². The van der Waals surface area contributed by atoms with Gasteiger partial charge in [0.1, 0.15) is 0 Å². The molecule has 0 fully saturated rings. The smallest absolute Gasteiger partial charge is 0.222 e. The lowest BCUT2D eigenvalue weighted by atomic mass is 10.1. The molecular formula is C14H21NO. The molecular weight excluding hydrogens is 198 g/mol. The molecule has 0 saturated carbocycles. The second-order valence-corrected chi connectivity index (χ2v) is 3.91. The lowest BCUT2D eigenvalue weighted by molar-refractivity contribution is -0.130. The standard InChI is InChI=1S/C14H21NO/c1-3-15(4-2)14(16)12-8-11-13-9-6-5-7-10-13/h5-7,9-10H,3-4,8,11-12H2,1-2H3. The summed E-state index contributed by atoms with van der Waals surface area (Å²) in [5, 5.41) is 0. The van der Waals surface area contributed by atoms with Gasteiger partial charge in [0.25, 0.3) is 0 Å². The predicted molar refractivity (Wildman–Crippen MR) is 67.3 cm³/mol. The molecule has 0 aliphatic heterocycles. The highest BCUT2D eigenvalue weighted by molar-refractivity contribution is 5.76. The second kappa shape index (κ2) is 7.04. The van der Waals surface area contributed by atoms with E-state index in [1.807, 2.05) is 36.9 Å². The van der Waals surface area contributed by atoms with Crippen molar-refractivity contribution >= 4 is 5.91 Å². The summed E-state index contributed by atoms with van der Waals surface area (Å²) < 4.78 is 0. The number of carbonyl (C=O) groups excluding carboxylic acids is 1. The van der Waals surface area contributed by atoms with Crippen molar-refractivity contribution in [1.82, 2.24) is 4.90 Å². The molecule has 0 saturated heterocycles. The van der Waals surface area contributed by atoms with Gasteiger partial charge in [-0.3, -0.25) is 4.79 Å². The fourth-order valence-corrected chi connectivity index (χ4v) is 1.82. The molecule has 0 spiro atoms. The molecule has 88 valence electrons. The molecule has 0 aliphatic carbocycles. The van der Waals surface area contributed by atoms with E-state index in [1.54, 1.807) is 0 Å². The molecule has 0 heterocycles. The number of aryl methyl sites for hydroxylation is 1. The number of benzene rings is 1. The van der Waals surface area contributed by atoms with Gasteiger partial charge in [-0.1, -0.05) is 30.3 Å². The fraction of sp³-hybridized carbons (Fsp3) is 0.500. The molecule has 0 aromatic heterocycles. The summed E-state index contributed by atoms with van der Waals surface area (Å²) in [6.45, 7) is 5.69. The van der Waals surface area contributed by atoms with Crippen LogP contribution in [0, 0.1) is 0 Å². The summed E-state index contributed by atoms with van der Waals surface area (Å²) >= 11 is 0. The van der Waals surface area contributed by atoms with Crippen molar-refractivity contribution in [2.24, 2.45) is 0 Å². The number of nitrogens with zero attached hydrogens (tertiary/aromatic N) is 1. The Hall–Kier alpha value is -1.31. The zero-order chi connectivity index (χ0) is 11.8. The van der Waals surface area contributed by atoms with Crippen LogP contribution in [0.5, 0.6) is 0 Å². The van der Waals surface area contributed by atoms with Crippen LogP contribution < -0.4 is 0 Å². The highest BCUT2D eigenvalue weighted by Crippen LogP contribution is 2.06. The monoisotopic (exact) mass is 219 g/mol. The van der Waals surface area contributed by atoms with E-state index in [0.29, 0.717) is 6.42 Å². The van der Waals surface area contributed by atoms with Gasteiger partial charge in [-0.2, -0.15) is 0 Å². The van der Waals surface area contributed by atoms with Crippen LogP contribution in [-0.4, -0.2) is 23.9 Å². The minimum atomic E-state index is 0.279. The quantitative estimate of drug-likeness (QED) is 0.720. The zero-order valence-corrected chi connectivity index (χ0v) is 10.3. The number of hydrogen-bond acceptors (Lipinski definition) is 1. The fourth-order valence-electron chi connectivity index (χ4n) is 1.82. The molecule has 0 bridgehead atoms. The van der Waals surface area contributed by atoms with E-state index < -0.39 is 0 Å². The van der Waals surface area contributed by atoms with Crippen molar-refractivity contribution in [2.75, 3.05) is 13.1 Å². The van der Waals surface area contributed by atoms with Crippen molar-refractivity contribution in [3.8, 4) is 0 Å². The van der Waals surface area contributed by atoms with Gasteiger partial charge in [0.2, 0.25) is 5.91 Å². The van der Waals surface area contributed by atoms with Crippen LogP contribution in [0.15, 0.2) is 30.3 Å². The third-order valence-corrected chi connectivity index (χ3v) is 2.82. The Bertz CT molecular complexity index is 304. The normalized spacial score (nSPS) is 10.1. The van der Waals surface area contributed by atoms with Crippen molar-refractivity contribution in [1.29, 1.82) is 0 Å². The Labute approximate surface area is 98.3 Å². The molecule has 1 amide bonds. The molecule has 0 atom stereocenters. The van der Waals surface area contributed by atoms with E-state index in [9.17, 15) is 4.79 Å². The number of hydrogen-bond donors (Lipinski definition) is 0. The molecule has 1 rings (SSSR count). The molecule has 2 nitrogen and oxygen atoms in total. The molecule has 0 radical (unpaired) electrons. The third-order valence-electron chi connectivity index (χ3n) is 2.82. The first-order valence-electron chi connectivity index (χ1n) is 6.09. The average molecular weight is 219 g/mol. The first-order chi connectivity index (χ1) is 7.77. The Kier molecular flexibility index (Phi) is 5.62. The summed E-state index contributed by atoms with van der Waals surface area (Å²) in [5.41, 5.74) is 1.31. The molecule has 0 N–H and O–H groups in total. The van der Waals surface area contributed by atoms with Crippen molar-refractivity contribution < 1.29 is 4.79 Å². The second-order valence-electron chi connectivity index (χ2n) is 3.91. The topological polar surface area (TPSA) is 20.3 Å². The van der Waals surface area contributed by atoms with Crippen molar-refractivity contribution in [2.45, 2.75) is 33.1 Å². The number of amides is 1. The average Bonchev–Trinajstić information content (AvgIpc) is 2.32. The predicted octanol–water partition coefficient (Wildman–Crippen LogP) is 2.88. The molecule has 1 aromatic carbocycles. The molecule has 0 aliphatic rings. The van der Waals surface area contributed by atoms with E-state index in [4.69, 9.17) is 0 Å². The van der Waals surface area contributed by atoms with E-state index in [0.717, 1.165) is 25.9 Å². The summed E-state index contributed by atoms with van der Waals surface area (Å²) in [7, 11) is 0. The summed E-state index contributed by atoms with van der Waals surface area (Å²) in [6.07, 6.45) is 2.60. The van der Waals surface area contributed by atoms with Gasteiger partial charge in [0.05, 0.1) is 0 Å². The summed E-state index contributed by atoms with van der Waals surface area (Å²) in [6, 6.07) is 10.3. The SMILES string of the molecule is CCN(CC)C(=O)CCCc1ccccc1. The maximum absolute atomic E-state index is 11.7. The molecule has 1 aromatic rings. The number of rotatable bonds is 6. The van der Waals surface area contributed by atoms with Crippen LogP contribution in [0.4, 0.5) is 0 Å². The molecule has 2 heteroatoms. The van der Waals surface area contributed by atoms with E-state index >= 15 is 0 Å². The molecule has 16 heavy (non-hydrogen) atoms. The lowest BCUT2D eigenvalue weighted by Crippen LogP contribution is -2.30. The van der Waals surface area contributed by atoms with Crippen LogP contribution in [0.1, 0.15) is 32.3 Å². The minimum absolute atomic E-state index is 0.279. The maximum atomic E-state index is 11.7. The summed E-state index contributed by atoms with van der Waals surface area (Å²) in [4.78, 5) is 13.6. The van der Waals surface area contributed by atoms with Gasteiger partial charge in [0.15, 0.2) is 0 Å². The largest absolute Gasteiger partial charge is 0.343 e. The highest BCUT2D eigenvalue weighted by atomic mass is 16.2. The Morgan fingerprint density at radius 3 is 2.31 bits per heavy atom. The van der Waals surface area contributed by atoms with Crippen LogP contribution in [0.2, 0.25) is 0 Å². The molecule has 0 unspecified atom stereocenters. The first kappa shape index (κ1) is 12.8. The van der Waals surface area contributed by atoms with Crippen LogP contribution in [0.25, 0.3) is 0 Å². The van der Waals surface area contributed by atoms with Crippen LogP contribution in [-0.2, 0) is 11.2 Å². The van der Waals surface area contributed by atoms with Crippen LogP contribution >= 0.6 is 0 Å². The van der Waals surface area contributed by atoms with E-state index in [-0.39, 0.29) is 5.91 Å². The van der Waals surface area contributed by atoms with Crippen molar-refractivity contribution in [3.63, 3.8) is 0 Å². The maximum Gasteiger partial charge on any atom is 0.222 e. The van der Waals surface area contributed by atoms with Gasteiger partial charge < -0.3 is 4.90 Å². The first-order valence-corrected chi connectivity index (χ1v) is 6.09. The van der Waals surface area contributed by atoms with Gasteiger partial charge in [0, 0.05) is 19.5 Å². The summed E-state index contributed by atoms with van der Waals surface area (Å²) in [5.74, 6) is 0.279. The highest BCUT2D eigenvalue weighted by Gasteiger charge is 2.08. The van der Waals surface area contributed by atoms with E-state index in [2.05, 4.69) is 12.1 Å². The van der Waals surface area contributed by atoms with Gasteiger partial charge in [-0.05, 0) is 32.3 Å². The van der Waals surface area contributed by atoms with Gasteiger partial charge >= 0.3 is 0 Å². The van der Waals surface area contributed by atoms with E-state index in [1.165, 1.54) is 5.56 Å².